The van der Waals surface area contributed by atoms with Crippen molar-refractivity contribution in [1.82, 2.24) is 0 Å². The molecule has 0 spiro atoms. The molecule has 0 fully saturated rings. The number of halogens is 3. The number of rotatable bonds is 3. The first-order valence-electron chi connectivity index (χ1n) is 5.23. The largest absolute Gasteiger partial charge is 0.465 e. The normalized spacial score (nSPS) is 10.9. The maximum atomic E-state index is 12.4. The van der Waals surface area contributed by atoms with E-state index in [1.165, 1.54) is 6.07 Å². The summed E-state index contributed by atoms with van der Waals surface area (Å²) in [5.41, 5.74) is -4.24. The summed E-state index contributed by atoms with van der Waals surface area (Å²) >= 11 is -0.294. The van der Waals surface area contributed by atoms with Crippen LogP contribution in [0, 0.1) is 11.3 Å². The average Bonchev–Trinajstić information content (AvgIpc) is 2.35. The number of hydrogen-bond donors (Lipinski definition) is 0. The number of benzene rings is 1. The first-order valence-corrected chi connectivity index (χ1v) is 6.05. The lowest BCUT2D eigenvalue weighted by molar-refractivity contribution is -0.0328. The summed E-state index contributed by atoms with van der Waals surface area (Å²) < 4.78 is 41.7. The van der Waals surface area contributed by atoms with Gasteiger partial charge in [0.15, 0.2) is 0 Å². The minimum atomic E-state index is -4.44. The van der Waals surface area contributed by atoms with Crippen molar-refractivity contribution in [2.45, 2.75) is 23.7 Å². The predicted octanol–water partition coefficient (Wildman–Crippen LogP) is 3.52. The van der Waals surface area contributed by atoms with Crippen molar-refractivity contribution in [2.75, 3.05) is 7.11 Å². The SMILES string of the molecule is CCc1cc(C(=O)OC)c(C#N)cc1SC(F)(F)F. The van der Waals surface area contributed by atoms with Crippen LogP contribution in [0.3, 0.4) is 0 Å². The second kappa shape index (κ2) is 5.97. The van der Waals surface area contributed by atoms with Gasteiger partial charge in [-0.2, -0.15) is 18.4 Å². The summed E-state index contributed by atoms with van der Waals surface area (Å²) in [5, 5.41) is 8.90. The summed E-state index contributed by atoms with van der Waals surface area (Å²) in [4.78, 5) is 11.4. The molecule has 19 heavy (non-hydrogen) atoms. The van der Waals surface area contributed by atoms with Gasteiger partial charge in [0.1, 0.15) is 6.07 Å². The standard InChI is InChI=1S/C12H10F3NO2S/c1-3-7-4-9(11(17)18-2)8(6-16)5-10(7)19-12(13,14)15/h4-5H,3H2,1-2H3. The molecule has 0 heterocycles. The van der Waals surface area contributed by atoms with Gasteiger partial charge in [0, 0.05) is 4.90 Å². The van der Waals surface area contributed by atoms with Crippen LogP contribution < -0.4 is 0 Å². The number of carbonyl (C=O) groups excluding carboxylic acids is 1. The first kappa shape index (κ1) is 15.4. The highest BCUT2D eigenvalue weighted by molar-refractivity contribution is 8.00. The molecule has 0 aliphatic heterocycles. The van der Waals surface area contributed by atoms with Gasteiger partial charge < -0.3 is 4.74 Å². The molecule has 0 atom stereocenters. The Labute approximate surface area is 112 Å². The molecule has 0 radical (unpaired) electrons. The van der Waals surface area contributed by atoms with Crippen LogP contribution in [-0.2, 0) is 11.2 Å². The van der Waals surface area contributed by atoms with Gasteiger partial charge in [-0.1, -0.05) is 6.92 Å². The van der Waals surface area contributed by atoms with Crippen LogP contribution in [-0.4, -0.2) is 18.6 Å². The lowest BCUT2D eigenvalue weighted by atomic mass is 10.0. The fraction of sp³-hybridized carbons (Fsp3) is 0.333. The minimum Gasteiger partial charge on any atom is -0.465 e. The van der Waals surface area contributed by atoms with Gasteiger partial charge in [0.2, 0.25) is 0 Å². The molecule has 102 valence electrons. The highest BCUT2D eigenvalue weighted by Crippen LogP contribution is 2.39. The fourth-order valence-electron chi connectivity index (χ4n) is 1.49. The van der Waals surface area contributed by atoms with Crippen molar-refractivity contribution >= 4 is 17.7 Å². The van der Waals surface area contributed by atoms with Crippen molar-refractivity contribution in [2.24, 2.45) is 0 Å². The van der Waals surface area contributed by atoms with E-state index in [-0.39, 0.29) is 27.8 Å². The van der Waals surface area contributed by atoms with E-state index in [4.69, 9.17) is 5.26 Å². The minimum absolute atomic E-state index is 0.0200. The number of methoxy groups -OCH3 is 1. The number of carbonyl (C=O) groups is 1. The molecule has 0 unspecified atom stereocenters. The summed E-state index contributed by atoms with van der Waals surface area (Å²) in [6, 6.07) is 4.06. The first-order chi connectivity index (χ1) is 8.82. The van der Waals surface area contributed by atoms with Gasteiger partial charge >= 0.3 is 11.5 Å². The Bertz CT molecular complexity index is 535. The summed E-state index contributed by atoms with van der Waals surface area (Å²) in [5.74, 6) is -0.741. The van der Waals surface area contributed by atoms with E-state index >= 15 is 0 Å². The Hall–Kier alpha value is -1.68. The number of aryl methyl sites for hydroxylation is 1. The Morgan fingerprint density at radius 2 is 2.11 bits per heavy atom. The van der Waals surface area contributed by atoms with E-state index in [0.29, 0.717) is 12.0 Å². The Kier molecular flexibility index (Phi) is 4.84. The molecule has 0 N–H and O–H groups in total. The monoisotopic (exact) mass is 289 g/mol. The number of nitriles is 1. The van der Waals surface area contributed by atoms with Crippen molar-refractivity contribution in [3.05, 3.63) is 28.8 Å². The highest BCUT2D eigenvalue weighted by Gasteiger charge is 2.31. The molecule has 0 bridgehead atoms. The zero-order valence-corrected chi connectivity index (χ0v) is 11.0. The van der Waals surface area contributed by atoms with E-state index in [2.05, 4.69) is 4.74 Å². The molecule has 3 nitrogen and oxygen atoms in total. The molecule has 0 aliphatic rings. The average molecular weight is 289 g/mol. The number of nitrogens with zero attached hydrogens (tertiary/aromatic N) is 1. The number of alkyl halides is 3. The lowest BCUT2D eigenvalue weighted by Gasteiger charge is -2.12. The summed E-state index contributed by atoms with van der Waals surface area (Å²) in [6.07, 6.45) is 0.314. The highest BCUT2D eigenvalue weighted by atomic mass is 32.2. The molecule has 0 aromatic heterocycles. The van der Waals surface area contributed by atoms with Crippen LogP contribution in [0.1, 0.15) is 28.4 Å². The zero-order chi connectivity index (χ0) is 14.6. The predicted molar refractivity (Wildman–Crippen MR) is 63.8 cm³/mol. The van der Waals surface area contributed by atoms with Crippen LogP contribution in [0.15, 0.2) is 17.0 Å². The smallest absolute Gasteiger partial charge is 0.446 e. The molecule has 0 saturated heterocycles. The van der Waals surface area contributed by atoms with Gasteiger partial charge in [-0.15, -0.1) is 0 Å². The summed E-state index contributed by atoms with van der Waals surface area (Å²) in [7, 11) is 1.15. The van der Waals surface area contributed by atoms with Crippen molar-refractivity contribution in [3.8, 4) is 6.07 Å². The van der Waals surface area contributed by atoms with Crippen LogP contribution in [0.2, 0.25) is 0 Å². The van der Waals surface area contributed by atoms with Crippen molar-refractivity contribution < 1.29 is 22.7 Å². The lowest BCUT2D eigenvalue weighted by Crippen LogP contribution is -2.07. The van der Waals surface area contributed by atoms with E-state index < -0.39 is 11.5 Å². The van der Waals surface area contributed by atoms with Crippen molar-refractivity contribution in [1.29, 1.82) is 5.26 Å². The van der Waals surface area contributed by atoms with Gasteiger partial charge in [-0.3, -0.25) is 0 Å². The van der Waals surface area contributed by atoms with E-state index in [0.717, 1.165) is 13.2 Å². The van der Waals surface area contributed by atoms with Crippen LogP contribution in [0.4, 0.5) is 13.2 Å². The molecule has 1 aromatic carbocycles. The van der Waals surface area contributed by atoms with Crippen molar-refractivity contribution in [3.63, 3.8) is 0 Å². The number of esters is 1. The van der Waals surface area contributed by atoms with E-state index in [1.54, 1.807) is 13.0 Å². The third kappa shape index (κ3) is 3.89. The molecule has 0 saturated carbocycles. The summed E-state index contributed by atoms with van der Waals surface area (Å²) in [6.45, 7) is 1.67. The molecule has 0 amide bonds. The number of hydrogen-bond acceptors (Lipinski definition) is 4. The third-order valence-electron chi connectivity index (χ3n) is 2.33. The molecule has 7 heteroatoms. The van der Waals surface area contributed by atoms with E-state index in [1.807, 2.05) is 0 Å². The maximum Gasteiger partial charge on any atom is 0.446 e. The quantitative estimate of drug-likeness (QED) is 0.631. The number of ether oxygens (including phenoxy) is 1. The Balaban J connectivity index is 3.36. The third-order valence-corrected chi connectivity index (χ3v) is 3.16. The van der Waals surface area contributed by atoms with Crippen LogP contribution >= 0.6 is 11.8 Å². The molecular weight excluding hydrogens is 279 g/mol. The zero-order valence-electron chi connectivity index (χ0n) is 10.2. The topological polar surface area (TPSA) is 50.1 Å². The number of thioether (sulfide) groups is 1. The fourth-order valence-corrected chi connectivity index (χ4v) is 2.25. The second-order valence-corrected chi connectivity index (χ2v) is 4.62. The Morgan fingerprint density at radius 1 is 1.47 bits per heavy atom. The second-order valence-electron chi connectivity index (χ2n) is 3.51. The van der Waals surface area contributed by atoms with E-state index in [9.17, 15) is 18.0 Å². The van der Waals surface area contributed by atoms with Gasteiger partial charge in [0.05, 0.1) is 18.2 Å². The maximum absolute atomic E-state index is 12.4. The molecular formula is C12H10F3NO2S. The Morgan fingerprint density at radius 3 is 2.53 bits per heavy atom. The van der Waals surface area contributed by atoms with Crippen LogP contribution in [0.5, 0.6) is 0 Å². The van der Waals surface area contributed by atoms with Gasteiger partial charge in [-0.05, 0) is 35.9 Å². The molecule has 0 aliphatic carbocycles. The molecule has 1 aromatic rings. The molecule has 1 rings (SSSR count). The van der Waals surface area contributed by atoms with Crippen LogP contribution in [0.25, 0.3) is 0 Å². The van der Waals surface area contributed by atoms with Gasteiger partial charge in [-0.25, -0.2) is 4.79 Å². The van der Waals surface area contributed by atoms with Gasteiger partial charge in [0.25, 0.3) is 0 Å².